The third-order valence-corrected chi connectivity index (χ3v) is 2.92. The lowest BCUT2D eigenvalue weighted by Gasteiger charge is -2.16. The molecule has 0 bridgehead atoms. The van der Waals surface area contributed by atoms with Gasteiger partial charge >= 0.3 is 0 Å². The van der Waals surface area contributed by atoms with E-state index in [0.29, 0.717) is 6.04 Å². The van der Waals surface area contributed by atoms with Crippen molar-refractivity contribution in [3.63, 3.8) is 0 Å². The summed E-state index contributed by atoms with van der Waals surface area (Å²) in [5.41, 5.74) is 0. The minimum atomic E-state index is -0.0937. The first-order chi connectivity index (χ1) is 6.70. The molecule has 14 heavy (non-hydrogen) atoms. The van der Waals surface area contributed by atoms with E-state index in [1.807, 2.05) is 0 Å². The maximum atomic E-state index is 9.56. The Hall–Kier alpha value is -0.120. The molecule has 0 heterocycles. The quantitative estimate of drug-likeness (QED) is 0.623. The van der Waals surface area contributed by atoms with Crippen LogP contribution in [0.4, 0.5) is 0 Å². The molecule has 0 radical (unpaired) electrons. The number of hydrogen-bond acceptors (Lipinski definition) is 3. The van der Waals surface area contributed by atoms with Crippen LogP contribution in [-0.4, -0.2) is 49.3 Å². The molecule has 2 unspecified atom stereocenters. The maximum absolute atomic E-state index is 9.56. The number of unbranched alkanes of at least 4 members (excludes halogenated alkanes) is 1. The first kappa shape index (κ1) is 12.0. The van der Waals surface area contributed by atoms with Gasteiger partial charge in [-0.3, -0.25) is 0 Å². The third-order valence-electron chi connectivity index (χ3n) is 2.92. The molecule has 1 saturated carbocycles. The lowest BCUT2D eigenvalue weighted by atomic mass is 10.2. The minimum Gasteiger partial charge on any atom is -0.392 e. The van der Waals surface area contributed by atoms with Crippen molar-refractivity contribution in [3.05, 3.63) is 0 Å². The SMILES string of the molecule is CN(C)CCCCNC1CCCC1O. The van der Waals surface area contributed by atoms with Crippen molar-refractivity contribution < 1.29 is 5.11 Å². The fourth-order valence-electron chi connectivity index (χ4n) is 2.02. The highest BCUT2D eigenvalue weighted by Gasteiger charge is 2.23. The number of hydrogen-bond donors (Lipinski definition) is 2. The van der Waals surface area contributed by atoms with Crippen LogP contribution in [0.5, 0.6) is 0 Å². The normalized spacial score (nSPS) is 27.4. The van der Waals surface area contributed by atoms with Gasteiger partial charge < -0.3 is 15.3 Å². The van der Waals surface area contributed by atoms with Crippen LogP contribution in [-0.2, 0) is 0 Å². The van der Waals surface area contributed by atoms with Crippen LogP contribution < -0.4 is 5.32 Å². The van der Waals surface area contributed by atoms with Crippen molar-refractivity contribution in [2.75, 3.05) is 27.2 Å². The Balaban J connectivity index is 1.93. The summed E-state index contributed by atoms with van der Waals surface area (Å²) in [5.74, 6) is 0. The summed E-state index contributed by atoms with van der Waals surface area (Å²) >= 11 is 0. The van der Waals surface area contributed by atoms with E-state index in [9.17, 15) is 5.11 Å². The molecule has 0 saturated heterocycles. The molecule has 0 amide bonds. The molecule has 1 rings (SSSR count). The van der Waals surface area contributed by atoms with Gasteiger partial charge in [-0.25, -0.2) is 0 Å². The Bertz CT molecular complexity index is 150. The minimum absolute atomic E-state index is 0.0937. The Labute approximate surface area is 87.5 Å². The summed E-state index contributed by atoms with van der Waals surface area (Å²) in [6.45, 7) is 2.21. The van der Waals surface area contributed by atoms with Gasteiger partial charge in [-0.2, -0.15) is 0 Å². The number of aliphatic hydroxyl groups is 1. The molecule has 0 aromatic heterocycles. The molecule has 3 nitrogen and oxygen atoms in total. The zero-order chi connectivity index (χ0) is 10.4. The van der Waals surface area contributed by atoms with Crippen LogP contribution in [0.15, 0.2) is 0 Å². The molecule has 84 valence electrons. The van der Waals surface area contributed by atoms with Crippen molar-refractivity contribution >= 4 is 0 Å². The van der Waals surface area contributed by atoms with Gasteiger partial charge in [0.1, 0.15) is 0 Å². The largest absolute Gasteiger partial charge is 0.392 e. The van der Waals surface area contributed by atoms with E-state index < -0.39 is 0 Å². The predicted octanol–water partition coefficient (Wildman–Crippen LogP) is 0.831. The van der Waals surface area contributed by atoms with E-state index in [1.54, 1.807) is 0 Å². The van der Waals surface area contributed by atoms with E-state index in [2.05, 4.69) is 24.3 Å². The highest BCUT2D eigenvalue weighted by Crippen LogP contribution is 2.18. The first-order valence-electron chi connectivity index (χ1n) is 5.76. The van der Waals surface area contributed by atoms with Crippen molar-refractivity contribution in [2.24, 2.45) is 0 Å². The van der Waals surface area contributed by atoms with E-state index in [-0.39, 0.29) is 6.10 Å². The summed E-state index contributed by atoms with van der Waals surface area (Å²) in [4.78, 5) is 2.21. The van der Waals surface area contributed by atoms with Gasteiger partial charge in [0.2, 0.25) is 0 Å². The first-order valence-corrected chi connectivity index (χ1v) is 5.76. The monoisotopic (exact) mass is 200 g/mol. The van der Waals surface area contributed by atoms with Crippen LogP contribution in [0.25, 0.3) is 0 Å². The van der Waals surface area contributed by atoms with Gasteiger partial charge in [-0.05, 0) is 59.3 Å². The summed E-state index contributed by atoms with van der Waals surface area (Å²) < 4.78 is 0. The zero-order valence-corrected chi connectivity index (χ0v) is 9.50. The summed E-state index contributed by atoms with van der Waals surface area (Å²) in [6.07, 6.45) is 5.66. The molecule has 0 aliphatic heterocycles. The second-order valence-electron chi connectivity index (χ2n) is 4.57. The average Bonchev–Trinajstić information content (AvgIpc) is 2.51. The van der Waals surface area contributed by atoms with Gasteiger partial charge in [-0.15, -0.1) is 0 Å². The van der Waals surface area contributed by atoms with E-state index >= 15 is 0 Å². The summed E-state index contributed by atoms with van der Waals surface area (Å²) in [6, 6.07) is 0.370. The van der Waals surface area contributed by atoms with E-state index in [1.165, 1.54) is 19.3 Å². The molecule has 0 aromatic carbocycles. The van der Waals surface area contributed by atoms with Crippen molar-refractivity contribution in [3.8, 4) is 0 Å². The van der Waals surface area contributed by atoms with Crippen LogP contribution in [0.3, 0.4) is 0 Å². The lowest BCUT2D eigenvalue weighted by molar-refractivity contribution is 0.149. The molecule has 0 spiro atoms. The molecule has 1 aliphatic carbocycles. The van der Waals surface area contributed by atoms with Crippen LogP contribution >= 0.6 is 0 Å². The van der Waals surface area contributed by atoms with Gasteiger partial charge in [0.15, 0.2) is 0 Å². The second-order valence-corrected chi connectivity index (χ2v) is 4.57. The number of rotatable bonds is 6. The van der Waals surface area contributed by atoms with Crippen molar-refractivity contribution in [1.82, 2.24) is 10.2 Å². The maximum Gasteiger partial charge on any atom is 0.0693 e. The van der Waals surface area contributed by atoms with Crippen LogP contribution in [0.1, 0.15) is 32.1 Å². The fraction of sp³-hybridized carbons (Fsp3) is 1.00. The molecule has 2 atom stereocenters. The number of nitrogens with zero attached hydrogens (tertiary/aromatic N) is 1. The molecule has 1 aliphatic rings. The summed E-state index contributed by atoms with van der Waals surface area (Å²) in [7, 11) is 4.21. The van der Waals surface area contributed by atoms with Crippen LogP contribution in [0, 0.1) is 0 Å². The molecular formula is C11H24N2O. The standard InChI is InChI=1S/C11H24N2O/c1-13(2)9-4-3-8-12-10-6-5-7-11(10)14/h10-12,14H,3-9H2,1-2H3. The topological polar surface area (TPSA) is 35.5 Å². The zero-order valence-electron chi connectivity index (χ0n) is 9.50. The summed E-state index contributed by atoms with van der Waals surface area (Å²) in [5, 5.41) is 13.0. The predicted molar refractivity (Wildman–Crippen MR) is 59.4 cm³/mol. The average molecular weight is 200 g/mol. The van der Waals surface area contributed by atoms with Gasteiger partial charge in [0.25, 0.3) is 0 Å². The third kappa shape index (κ3) is 4.40. The van der Waals surface area contributed by atoms with Crippen molar-refractivity contribution in [1.29, 1.82) is 0 Å². The van der Waals surface area contributed by atoms with Gasteiger partial charge in [0, 0.05) is 6.04 Å². The Morgan fingerprint density at radius 3 is 2.64 bits per heavy atom. The highest BCUT2D eigenvalue weighted by molar-refractivity contribution is 4.82. The van der Waals surface area contributed by atoms with E-state index in [4.69, 9.17) is 0 Å². The van der Waals surface area contributed by atoms with Crippen LogP contribution in [0.2, 0.25) is 0 Å². The Kier molecular flexibility index (Phi) is 5.45. The molecule has 3 heteroatoms. The molecule has 0 aromatic rings. The highest BCUT2D eigenvalue weighted by atomic mass is 16.3. The van der Waals surface area contributed by atoms with Gasteiger partial charge in [0.05, 0.1) is 6.10 Å². The smallest absolute Gasteiger partial charge is 0.0693 e. The van der Waals surface area contributed by atoms with E-state index in [0.717, 1.165) is 25.9 Å². The van der Waals surface area contributed by atoms with Gasteiger partial charge in [-0.1, -0.05) is 0 Å². The number of nitrogens with one attached hydrogen (secondary N) is 1. The number of aliphatic hydroxyl groups excluding tert-OH is 1. The Morgan fingerprint density at radius 2 is 2.07 bits per heavy atom. The second kappa shape index (κ2) is 6.38. The van der Waals surface area contributed by atoms with Crippen molar-refractivity contribution in [2.45, 2.75) is 44.2 Å². The molecule has 1 fully saturated rings. The fourth-order valence-corrected chi connectivity index (χ4v) is 2.02. The lowest BCUT2D eigenvalue weighted by Crippen LogP contribution is -2.36. The molecule has 2 N–H and O–H groups in total. The Morgan fingerprint density at radius 1 is 1.29 bits per heavy atom. The molecular weight excluding hydrogens is 176 g/mol.